The topological polar surface area (TPSA) is 46.5 Å². The molecule has 0 radical (unpaired) electrons. The Morgan fingerprint density at radius 1 is 0.547 bits per heavy atom. The standard InChI is InChI=1S/C49H42N4/c1-4-35-24-25-36(5-2)49(47(35)50)51-48(38-16-8-6-9-17-38)34(3)37-26-28-40(29-27-37)52(39-18-10-7-11-19-39)41-30-32-42(33-31-41)53-45-22-14-12-20-43(45)44-21-13-15-23-46(44)53/h6-33H,3-5,50H2,1-2H3. The van der Waals surface area contributed by atoms with Crippen molar-refractivity contribution in [2.45, 2.75) is 26.7 Å². The Balaban J connectivity index is 1.18. The van der Waals surface area contributed by atoms with E-state index in [1.807, 2.05) is 18.2 Å². The fourth-order valence-corrected chi connectivity index (χ4v) is 7.36. The molecule has 258 valence electrons. The number of nitrogen functional groups attached to an aromatic ring is 1. The zero-order valence-corrected chi connectivity index (χ0v) is 30.2. The Morgan fingerprint density at radius 2 is 1.04 bits per heavy atom. The van der Waals surface area contributed by atoms with Crippen LogP contribution in [0.2, 0.25) is 0 Å². The Kier molecular flexibility index (Phi) is 9.18. The van der Waals surface area contributed by atoms with Crippen LogP contribution < -0.4 is 10.6 Å². The van der Waals surface area contributed by atoms with E-state index in [1.165, 1.54) is 21.8 Å². The van der Waals surface area contributed by atoms with Gasteiger partial charge in [-0.15, -0.1) is 0 Å². The number of rotatable bonds is 10. The van der Waals surface area contributed by atoms with Crippen LogP contribution in [-0.2, 0) is 12.8 Å². The lowest BCUT2D eigenvalue weighted by Gasteiger charge is -2.26. The van der Waals surface area contributed by atoms with E-state index >= 15 is 0 Å². The molecule has 0 saturated heterocycles. The van der Waals surface area contributed by atoms with Gasteiger partial charge in [-0.25, -0.2) is 4.99 Å². The number of nitrogens with zero attached hydrogens (tertiary/aromatic N) is 3. The average Bonchev–Trinajstić information content (AvgIpc) is 3.56. The number of benzene rings is 7. The zero-order chi connectivity index (χ0) is 36.3. The number of aromatic nitrogens is 1. The highest BCUT2D eigenvalue weighted by atomic mass is 15.1. The number of aliphatic imine (C=N–C) groups is 1. The second-order valence-corrected chi connectivity index (χ2v) is 13.3. The van der Waals surface area contributed by atoms with Gasteiger partial charge in [0.1, 0.15) is 0 Å². The first-order valence-electron chi connectivity index (χ1n) is 18.3. The summed E-state index contributed by atoms with van der Waals surface area (Å²) >= 11 is 0. The second-order valence-electron chi connectivity index (χ2n) is 13.3. The average molecular weight is 687 g/mol. The molecule has 53 heavy (non-hydrogen) atoms. The molecular formula is C49H42N4. The largest absolute Gasteiger partial charge is 0.397 e. The van der Waals surface area contributed by atoms with Crippen molar-refractivity contribution in [3.05, 3.63) is 199 Å². The lowest BCUT2D eigenvalue weighted by atomic mass is 9.96. The lowest BCUT2D eigenvalue weighted by Crippen LogP contribution is -2.10. The maximum Gasteiger partial charge on any atom is 0.0901 e. The van der Waals surface area contributed by atoms with E-state index < -0.39 is 0 Å². The Bertz CT molecular complexity index is 2530. The first kappa shape index (κ1) is 33.5. The molecule has 2 N–H and O–H groups in total. The molecule has 8 rings (SSSR count). The number of anilines is 4. The first-order valence-corrected chi connectivity index (χ1v) is 18.3. The molecule has 0 spiro atoms. The maximum atomic E-state index is 6.74. The van der Waals surface area contributed by atoms with Gasteiger partial charge in [0.05, 0.1) is 28.1 Å². The molecule has 0 bridgehead atoms. The quantitative estimate of drug-likeness (QED) is 0.115. The monoisotopic (exact) mass is 686 g/mol. The minimum Gasteiger partial charge on any atom is -0.397 e. The van der Waals surface area contributed by atoms with Gasteiger partial charge in [0.2, 0.25) is 0 Å². The van der Waals surface area contributed by atoms with Crippen molar-refractivity contribution in [2.24, 2.45) is 4.99 Å². The van der Waals surface area contributed by atoms with Crippen LogP contribution >= 0.6 is 0 Å². The SMILES string of the molecule is C=C(C(=Nc1c(CC)ccc(CC)c1N)c1ccccc1)c1ccc(N(c2ccccc2)c2ccc(-n3c4ccccc4c4ccccc43)cc2)cc1. The third-order valence-electron chi connectivity index (χ3n) is 10.1. The second kappa shape index (κ2) is 14.5. The summed E-state index contributed by atoms with van der Waals surface area (Å²) < 4.78 is 2.35. The Labute approximate surface area is 311 Å². The number of fused-ring (bicyclic) bond motifs is 3. The van der Waals surface area contributed by atoms with Crippen LogP contribution in [0.4, 0.5) is 28.4 Å². The zero-order valence-electron chi connectivity index (χ0n) is 30.2. The van der Waals surface area contributed by atoms with Gasteiger partial charge in [-0.2, -0.15) is 0 Å². The highest BCUT2D eigenvalue weighted by Crippen LogP contribution is 2.38. The fraction of sp³-hybridized carbons (Fsp3) is 0.0816. The van der Waals surface area contributed by atoms with E-state index in [9.17, 15) is 0 Å². The highest BCUT2D eigenvalue weighted by Gasteiger charge is 2.18. The van der Waals surface area contributed by atoms with Crippen molar-refractivity contribution in [2.75, 3.05) is 10.6 Å². The summed E-state index contributed by atoms with van der Waals surface area (Å²) in [7, 11) is 0. The summed E-state index contributed by atoms with van der Waals surface area (Å²) in [4.78, 5) is 7.57. The van der Waals surface area contributed by atoms with E-state index in [0.717, 1.165) is 80.5 Å². The lowest BCUT2D eigenvalue weighted by molar-refractivity contribution is 1.10. The van der Waals surface area contributed by atoms with Crippen LogP contribution in [-0.4, -0.2) is 10.3 Å². The van der Waals surface area contributed by atoms with E-state index in [0.29, 0.717) is 0 Å². The van der Waals surface area contributed by atoms with Gasteiger partial charge in [0, 0.05) is 44.7 Å². The van der Waals surface area contributed by atoms with Crippen LogP contribution in [0.15, 0.2) is 181 Å². The number of aryl methyl sites for hydroxylation is 2. The Morgan fingerprint density at radius 3 is 1.62 bits per heavy atom. The van der Waals surface area contributed by atoms with Crippen LogP contribution in [0.3, 0.4) is 0 Å². The van der Waals surface area contributed by atoms with Crippen molar-refractivity contribution >= 4 is 61.5 Å². The van der Waals surface area contributed by atoms with Crippen molar-refractivity contribution in [1.29, 1.82) is 0 Å². The molecule has 0 aliphatic carbocycles. The van der Waals surface area contributed by atoms with E-state index in [4.69, 9.17) is 10.7 Å². The molecule has 4 nitrogen and oxygen atoms in total. The summed E-state index contributed by atoms with van der Waals surface area (Å²) in [5, 5.41) is 2.51. The van der Waals surface area contributed by atoms with Crippen LogP contribution in [0.1, 0.15) is 36.1 Å². The third kappa shape index (κ3) is 6.30. The molecule has 0 saturated carbocycles. The van der Waals surface area contributed by atoms with Gasteiger partial charge in [0.15, 0.2) is 0 Å². The van der Waals surface area contributed by atoms with E-state index in [1.54, 1.807) is 0 Å². The van der Waals surface area contributed by atoms with Crippen molar-refractivity contribution in [1.82, 2.24) is 4.57 Å². The summed E-state index contributed by atoms with van der Waals surface area (Å²) in [6.07, 6.45) is 1.69. The summed E-state index contributed by atoms with van der Waals surface area (Å²) in [5.74, 6) is 0. The first-order chi connectivity index (χ1) is 26.1. The van der Waals surface area contributed by atoms with Gasteiger partial charge in [0.25, 0.3) is 0 Å². The van der Waals surface area contributed by atoms with Crippen LogP contribution in [0.5, 0.6) is 0 Å². The minimum atomic E-state index is 0.742. The molecule has 0 unspecified atom stereocenters. The smallest absolute Gasteiger partial charge is 0.0901 e. The molecule has 0 aliphatic rings. The summed E-state index contributed by atoms with van der Waals surface area (Å²) in [5.41, 5.74) is 20.9. The molecule has 0 amide bonds. The molecule has 0 fully saturated rings. The van der Waals surface area contributed by atoms with Gasteiger partial charge in [-0.3, -0.25) is 0 Å². The highest BCUT2D eigenvalue weighted by molar-refractivity contribution is 6.32. The molecule has 1 heterocycles. The van der Waals surface area contributed by atoms with Gasteiger partial charge in [-0.1, -0.05) is 130 Å². The molecule has 4 heteroatoms. The number of allylic oxidation sites excluding steroid dienone is 1. The molecule has 0 aliphatic heterocycles. The molecule has 7 aromatic carbocycles. The molecule has 8 aromatic rings. The van der Waals surface area contributed by atoms with E-state index in [-0.39, 0.29) is 0 Å². The van der Waals surface area contributed by atoms with Crippen molar-refractivity contribution in [3.8, 4) is 5.69 Å². The normalized spacial score (nSPS) is 11.6. The van der Waals surface area contributed by atoms with Crippen LogP contribution in [0, 0.1) is 0 Å². The predicted molar refractivity (Wildman–Crippen MR) is 227 cm³/mol. The number of para-hydroxylation sites is 3. The molecule has 0 atom stereocenters. The van der Waals surface area contributed by atoms with Crippen molar-refractivity contribution in [3.63, 3.8) is 0 Å². The number of hydrogen-bond acceptors (Lipinski definition) is 3. The maximum absolute atomic E-state index is 6.74. The van der Waals surface area contributed by atoms with Gasteiger partial charge < -0.3 is 15.2 Å². The fourth-order valence-electron chi connectivity index (χ4n) is 7.36. The molecule has 1 aromatic heterocycles. The molecular weight excluding hydrogens is 645 g/mol. The van der Waals surface area contributed by atoms with Gasteiger partial charge in [-0.05, 0) is 90.2 Å². The number of nitrogens with two attached hydrogens (primary N) is 1. The van der Waals surface area contributed by atoms with Crippen molar-refractivity contribution < 1.29 is 0 Å². The summed E-state index contributed by atoms with van der Waals surface area (Å²) in [6.45, 7) is 8.88. The van der Waals surface area contributed by atoms with Gasteiger partial charge >= 0.3 is 0 Å². The Hall–Kier alpha value is -6.65. The predicted octanol–water partition coefficient (Wildman–Crippen LogP) is 12.8. The minimum absolute atomic E-state index is 0.742. The van der Waals surface area contributed by atoms with Crippen LogP contribution in [0.25, 0.3) is 33.1 Å². The number of hydrogen-bond donors (Lipinski definition) is 1. The third-order valence-corrected chi connectivity index (χ3v) is 10.1. The van der Waals surface area contributed by atoms with E-state index in [2.05, 4.69) is 182 Å². The summed E-state index contributed by atoms with van der Waals surface area (Å²) in [6, 6.07) is 59.8.